The van der Waals surface area contributed by atoms with Crippen LogP contribution in [0.3, 0.4) is 0 Å². The number of carbonyl (C=O) groups is 1. The van der Waals surface area contributed by atoms with E-state index in [-0.39, 0.29) is 23.5 Å². The van der Waals surface area contributed by atoms with Gasteiger partial charge in [0.05, 0.1) is 9.60 Å². The van der Waals surface area contributed by atoms with Crippen LogP contribution in [-0.4, -0.2) is 31.3 Å². The van der Waals surface area contributed by atoms with Crippen LogP contribution in [0.1, 0.15) is 37.7 Å². The molecule has 2 N–H and O–H groups in total. The summed E-state index contributed by atoms with van der Waals surface area (Å²) in [6.07, 6.45) is 6.79. The zero-order valence-electron chi connectivity index (χ0n) is 17.3. The van der Waals surface area contributed by atoms with E-state index in [0.717, 1.165) is 42.2 Å². The number of ether oxygens (including phenoxy) is 1. The van der Waals surface area contributed by atoms with Crippen LogP contribution in [0, 0.1) is 6.92 Å². The lowest BCUT2D eigenvalue weighted by atomic mass is 9.96. The fraction of sp³-hybridized carbons (Fsp3) is 0.364. The molecule has 31 heavy (non-hydrogen) atoms. The molecule has 0 saturated heterocycles. The number of carbonyl (C=O) groups excluding carboxylic acids is 1. The molecule has 0 bridgehead atoms. The molecule has 1 amide bonds. The van der Waals surface area contributed by atoms with E-state index in [0.29, 0.717) is 17.0 Å². The van der Waals surface area contributed by atoms with Gasteiger partial charge in [-0.15, -0.1) is 0 Å². The quantitative estimate of drug-likeness (QED) is 0.551. The van der Waals surface area contributed by atoms with Crippen molar-refractivity contribution in [3.8, 4) is 5.75 Å². The van der Waals surface area contributed by atoms with Crippen LogP contribution < -0.4 is 14.8 Å². The van der Waals surface area contributed by atoms with Crippen molar-refractivity contribution in [3.63, 3.8) is 0 Å². The summed E-state index contributed by atoms with van der Waals surface area (Å²) >= 11 is 1.40. The first-order chi connectivity index (χ1) is 14.9. The third-order valence-corrected chi connectivity index (χ3v) is 7.68. The second-order valence-electron chi connectivity index (χ2n) is 7.80. The Morgan fingerprint density at radius 2 is 1.97 bits per heavy atom. The topological polar surface area (TPSA) is 97.4 Å². The summed E-state index contributed by atoms with van der Waals surface area (Å²) in [7, 11) is -3.57. The van der Waals surface area contributed by atoms with Crippen LogP contribution in [0.15, 0.2) is 47.5 Å². The van der Waals surface area contributed by atoms with Crippen LogP contribution in [0.25, 0.3) is 10.1 Å². The van der Waals surface area contributed by atoms with Crippen molar-refractivity contribution in [2.45, 2.75) is 50.0 Å². The summed E-state index contributed by atoms with van der Waals surface area (Å²) in [4.78, 5) is 12.5. The minimum Gasteiger partial charge on any atom is -0.483 e. The predicted octanol–water partition coefficient (Wildman–Crippen LogP) is 4.23. The molecular weight excluding hydrogens is 434 g/mol. The summed E-state index contributed by atoms with van der Waals surface area (Å²) in [5.41, 5.74) is 1.33. The molecule has 1 aliphatic rings. The molecule has 0 aliphatic heterocycles. The van der Waals surface area contributed by atoms with Gasteiger partial charge in [0, 0.05) is 23.3 Å². The third kappa shape index (κ3) is 5.41. The van der Waals surface area contributed by atoms with Crippen molar-refractivity contribution >= 4 is 43.2 Å². The van der Waals surface area contributed by atoms with Crippen LogP contribution in [0.2, 0.25) is 0 Å². The summed E-state index contributed by atoms with van der Waals surface area (Å²) in [5.74, 6) is 0.182. The first kappa shape index (κ1) is 21.7. The number of hydrogen-bond donors (Lipinski definition) is 2. The van der Waals surface area contributed by atoms with Gasteiger partial charge < -0.3 is 10.1 Å². The first-order valence-corrected chi connectivity index (χ1v) is 12.6. The Kier molecular flexibility index (Phi) is 6.54. The van der Waals surface area contributed by atoms with Gasteiger partial charge >= 0.3 is 0 Å². The van der Waals surface area contributed by atoms with Gasteiger partial charge in [0.2, 0.25) is 10.0 Å². The molecule has 0 radical (unpaired) electrons. The standard InChI is InChI=1S/C22H25N3O4S2/c1-15-11-19(31(27,28)25-17-5-3-2-4-6-17)8-9-20(15)29-14-22(26)24-18-7-10-21-16(12-18)13-23-30-21/h7-13,17,25H,2-6,14H2,1H3,(H,24,26). The van der Waals surface area contributed by atoms with E-state index in [4.69, 9.17) is 4.74 Å². The fourth-order valence-corrected chi connectivity index (χ4v) is 5.76. The summed E-state index contributed by atoms with van der Waals surface area (Å²) < 4.78 is 39.0. The molecule has 0 atom stereocenters. The number of aryl methyl sites for hydroxylation is 1. The van der Waals surface area contributed by atoms with Gasteiger partial charge in [-0.05, 0) is 73.3 Å². The van der Waals surface area contributed by atoms with Crippen LogP contribution >= 0.6 is 11.5 Å². The first-order valence-electron chi connectivity index (χ1n) is 10.3. The number of sulfonamides is 1. The van der Waals surface area contributed by atoms with Crippen LogP contribution in [0.4, 0.5) is 5.69 Å². The third-order valence-electron chi connectivity index (χ3n) is 5.38. The number of amides is 1. The molecule has 0 unspecified atom stereocenters. The number of benzene rings is 2. The molecule has 164 valence electrons. The van der Waals surface area contributed by atoms with Crippen molar-refractivity contribution in [2.75, 3.05) is 11.9 Å². The Morgan fingerprint density at radius 1 is 1.16 bits per heavy atom. The number of fused-ring (bicyclic) bond motifs is 1. The van der Waals surface area contributed by atoms with Gasteiger partial charge in [-0.3, -0.25) is 4.79 Å². The smallest absolute Gasteiger partial charge is 0.262 e. The maximum Gasteiger partial charge on any atom is 0.262 e. The Hall–Kier alpha value is -2.49. The van der Waals surface area contributed by atoms with Gasteiger partial charge in [0.1, 0.15) is 5.75 Å². The molecule has 0 spiro atoms. The minimum absolute atomic E-state index is 0.00256. The Morgan fingerprint density at radius 3 is 2.74 bits per heavy atom. The van der Waals surface area contributed by atoms with E-state index in [9.17, 15) is 13.2 Å². The van der Waals surface area contributed by atoms with E-state index in [1.54, 1.807) is 25.3 Å². The summed E-state index contributed by atoms with van der Waals surface area (Å²) in [5, 5.41) is 3.77. The molecule has 9 heteroatoms. The molecule has 1 aromatic heterocycles. The van der Waals surface area contributed by atoms with Crippen molar-refractivity contribution in [3.05, 3.63) is 48.2 Å². The van der Waals surface area contributed by atoms with E-state index in [1.807, 2.05) is 18.2 Å². The molecule has 1 saturated carbocycles. The zero-order valence-corrected chi connectivity index (χ0v) is 18.9. The zero-order chi connectivity index (χ0) is 21.8. The predicted molar refractivity (Wildman–Crippen MR) is 122 cm³/mol. The highest BCUT2D eigenvalue weighted by Gasteiger charge is 2.22. The van der Waals surface area contributed by atoms with Crippen LogP contribution in [0.5, 0.6) is 5.75 Å². The molecule has 1 aliphatic carbocycles. The highest BCUT2D eigenvalue weighted by Crippen LogP contribution is 2.25. The average molecular weight is 460 g/mol. The molecule has 1 fully saturated rings. The largest absolute Gasteiger partial charge is 0.483 e. The SMILES string of the molecule is Cc1cc(S(=O)(=O)NC2CCCCC2)ccc1OCC(=O)Nc1ccc2sncc2c1. The normalized spacial score (nSPS) is 15.1. The van der Waals surface area contributed by atoms with Crippen molar-refractivity contribution in [2.24, 2.45) is 0 Å². The minimum atomic E-state index is -3.57. The second-order valence-corrected chi connectivity index (χ2v) is 10.3. The Balaban J connectivity index is 1.35. The molecule has 1 heterocycles. The van der Waals surface area contributed by atoms with E-state index in [2.05, 4.69) is 14.4 Å². The lowest BCUT2D eigenvalue weighted by Crippen LogP contribution is -2.36. The molecule has 4 rings (SSSR count). The summed E-state index contributed by atoms with van der Waals surface area (Å²) in [6.45, 7) is 1.59. The maximum atomic E-state index is 12.7. The molecule has 2 aromatic carbocycles. The summed E-state index contributed by atoms with van der Waals surface area (Å²) in [6, 6.07) is 10.3. The van der Waals surface area contributed by atoms with Gasteiger partial charge in [-0.2, -0.15) is 4.37 Å². The van der Waals surface area contributed by atoms with E-state index >= 15 is 0 Å². The molecule has 7 nitrogen and oxygen atoms in total. The van der Waals surface area contributed by atoms with E-state index < -0.39 is 10.0 Å². The van der Waals surface area contributed by atoms with Crippen molar-refractivity contribution in [1.82, 2.24) is 9.10 Å². The number of anilines is 1. The number of nitrogens with zero attached hydrogens (tertiary/aromatic N) is 1. The maximum absolute atomic E-state index is 12.7. The molecule has 3 aromatic rings. The lowest BCUT2D eigenvalue weighted by molar-refractivity contribution is -0.118. The fourth-order valence-electron chi connectivity index (χ4n) is 3.75. The second kappa shape index (κ2) is 9.33. The number of rotatable bonds is 7. The van der Waals surface area contributed by atoms with Crippen molar-refractivity contribution in [1.29, 1.82) is 0 Å². The Bertz CT molecular complexity index is 1180. The van der Waals surface area contributed by atoms with E-state index in [1.165, 1.54) is 17.6 Å². The van der Waals surface area contributed by atoms with Gasteiger partial charge in [0.15, 0.2) is 6.61 Å². The average Bonchev–Trinajstić information content (AvgIpc) is 3.21. The van der Waals surface area contributed by atoms with Gasteiger partial charge in [-0.1, -0.05) is 19.3 Å². The van der Waals surface area contributed by atoms with Gasteiger partial charge in [0.25, 0.3) is 5.91 Å². The highest BCUT2D eigenvalue weighted by atomic mass is 32.2. The number of nitrogens with one attached hydrogen (secondary N) is 2. The lowest BCUT2D eigenvalue weighted by Gasteiger charge is -2.22. The Labute approximate surface area is 186 Å². The molecular formula is C22H25N3O4S2. The highest BCUT2D eigenvalue weighted by molar-refractivity contribution is 7.89. The monoisotopic (exact) mass is 459 g/mol. The van der Waals surface area contributed by atoms with Crippen molar-refractivity contribution < 1.29 is 17.9 Å². The van der Waals surface area contributed by atoms with Gasteiger partial charge in [-0.25, -0.2) is 13.1 Å². The van der Waals surface area contributed by atoms with Crippen LogP contribution in [-0.2, 0) is 14.8 Å². The number of aromatic nitrogens is 1. The number of hydrogen-bond acceptors (Lipinski definition) is 6.